The molecule has 0 amide bonds. The standard InChI is InChI=1S/C23H24Cl2N2O3/c1-12-8-14(10-26)9-16-13(2)11-27(20(12)16)21(28)18-17(24)7-6-15(19(18)25)22(29)30-23(3,4)5/h6-9,13,21,28H,11H2,1-5H3. The molecule has 0 aliphatic carbocycles. The molecule has 0 saturated heterocycles. The third-order valence-electron chi connectivity index (χ3n) is 5.05. The van der Waals surface area contributed by atoms with Crippen LogP contribution in [-0.4, -0.2) is 23.2 Å². The van der Waals surface area contributed by atoms with Crippen LogP contribution in [0.3, 0.4) is 0 Å². The van der Waals surface area contributed by atoms with Crippen molar-refractivity contribution in [2.45, 2.75) is 52.4 Å². The van der Waals surface area contributed by atoms with E-state index in [1.165, 1.54) is 12.1 Å². The van der Waals surface area contributed by atoms with E-state index in [0.717, 1.165) is 16.8 Å². The van der Waals surface area contributed by atoms with Crippen LogP contribution in [-0.2, 0) is 4.74 Å². The fourth-order valence-electron chi connectivity index (χ4n) is 3.80. The van der Waals surface area contributed by atoms with Crippen LogP contribution in [0.25, 0.3) is 0 Å². The summed E-state index contributed by atoms with van der Waals surface area (Å²) in [5.74, 6) is -0.476. The highest BCUT2D eigenvalue weighted by atomic mass is 35.5. The quantitative estimate of drug-likeness (QED) is 0.607. The zero-order valence-electron chi connectivity index (χ0n) is 17.6. The molecule has 0 fully saturated rings. The van der Waals surface area contributed by atoms with Gasteiger partial charge in [-0.15, -0.1) is 0 Å². The van der Waals surface area contributed by atoms with Crippen molar-refractivity contribution in [3.05, 3.63) is 62.1 Å². The third kappa shape index (κ3) is 4.13. The van der Waals surface area contributed by atoms with E-state index in [9.17, 15) is 15.2 Å². The maximum atomic E-state index is 12.6. The number of carbonyl (C=O) groups is 1. The summed E-state index contributed by atoms with van der Waals surface area (Å²) in [5, 5.41) is 20.9. The number of nitrogens with zero attached hydrogens (tertiary/aromatic N) is 2. The summed E-state index contributed by atoms with van der Waals surface area (Å²) in [6.45, 7) is 9.77. The van der Waals surface area contributed by atoms with Crippen LogP contribution in [0, 0.1) is 18.3 Å². The van der Waals surface area contributed by atoms with E-state index in [1.54, 1.807) is 26.8 Å². The number of anilines is 1. The van der Waals surface area contributed by atoms with Gasteiger partial charge in [-0.05, 0) is 63.1 Å². The predicted octanol–water partition coefficient (Wildman–Crippen LogP) is 5.74. The number of aliphatic hydroxyl groups is 1. The first-order valence-electron chi connectivity index (χ1n) is 9.65. The van der Waals surface area contributed by atoms with Crippen LogP contribution in [0.1, 0.15) is 72.5 Å². The zero-order chi connectivity index (χ0) is 22.4. The Morgan fingerprint density at radius 2 is 2.00 bits per heavy atom. The van der Waals surface area contributed by atoms with Crippen LogP contribution in [0.4, 0.5) is 5.69 Å². The minimum Gasteiger partial charge on any atom is -0.456 e. The molecule has 0 spiro atoms. The van der Waals surface area contributed by atoms with Crippen molar-refractivity contribution in [1.29, 1.82) is 5.26 Å². The van der Waals surface area contributed by atoms with Gasteiger partial charge < -0.3 is 14.7 Å². The lowest BCUT2D eigenvalue weighted by atomic mass is 9.98. The first-order chi connectivity index (χ1) is 13.9. The molecule has 0 bridgehead atoms. The Morgan fingerprint density at radius 3 is 2.60 bits per heavy atom. The summed E-state index contributed by atoms with van der Waals surface area (Å²) in [7, 11) is 0. The highest BCUT2D eigenvalue weighted by molar-refractivity contribution is 6.38. The Morgan fingerprint density at radius 1 is 1.33 bits per heavy atom. The summed E-state index contributed by atoms with van der Waals surface area (Å²) >= 11 is 12.9. The minimum absolute atomic E-state index is 0.0663. The number of hydrogen-bond acceptors (Lipinski definition) is 5. The fourth-order valence-corrected chi connectivity index (χ4v) is 4.44. The van der Waals surface area contributed by atoms with Crippen molar-refractivity contribution >= 4 is 34.9 Å². The molecule has 1 aliphatic heterocycles. The van der Waals surface area contributed by atoms with Crippen molar-refractivity contribution in [1.82, 2.24) is 0 Å². The molecule has 2 aromatic rings. The summed E-state index contributed by atoms with van der Waals surface area (Å²) in [4.78, 5) is 14.4. The Balaban J connectivity index is 2.06. The van der Waals surface area contributed by atoms with E-state index < -0.39 is 17.8 Å². The molecule has 2 aromatic carbocycles. The van der Waals surface area contributed by atoms with Gasteiger partial charge in [-0.1, -0.05) is 30.1 Å². The molecule has 0 aromatic heterocycles. The Kier molecular flexibility index (Phi) is 6.06. The van der Waals surface area contributed by atoms with E-state index in [1.807, 2.05) is 24.8 Å². The second-order valence-electron chi connectivity index (χ2n) is 8.59. The van der Waals surface area contributed by atoms with Gasteiger partial charge >= 0.3 is 5.97 Å². The van der Waals surface area contributed by atoms with Crippen LogP contribution >= 0.6 is 23.2 Å². The summed E-state index contributed by atoms with van der Waals surface area (Å²) in [6, 6.07) is 8.85. The van der Waals surface area contributed by atoms with Crippen LogP contribution < -0.4 is 4.90 Å². The van der Waals surface area contributed by atoms with Crippen molar-refractivity contribution in [2.24, 2.45) is 0 Å². The lowest BCUT2D eigenvalue weighted by Gasteiger charge is -2.29. The van der Waals surface area contributed by atoms with Crippen LogP contribution in [0.15, 0.2) is 24.3 Å². The van der Waals surface area contributed by atoms with Crippen molar-refractivity contribution in [2.75, 3.05) is 11.4 Å². The van der Waals surface area contributed by atoms with Gasteiger partial charge in [0, 0.05) is 28.7 Å². The average Bonchev–Trinajstić information content (AvgIpc) is 2.97. The number of fused-ring (bicyclic) bond motifs is 1. The van der Waals surface area contributed by atoms with E-state index >= 15 is 0 Å². The molecule has 3 rings (SSSR count). The number of hydrogen-bond donors (Lipinski definition) is 1. The second kappa shape index (κ2) is 8.11. The van der Waals surface area contributed by atoms with Gasteiger partial charge in [0.25, 0.3) is 0 Å². The lowest BCUT2D eigenvalue weighted by molar-refractivity contribution is 0.00695. The second-order valence-corrected chi connectivity index (χ2v) is 9.38. The highest BCUT2D eigenvalue weighted by Crippen LogP contribution is 2.45. The predicted molar refractivity (Wildman–Crippen MR) is 118 cm³/mol. The minimum atomic E-state index is -1.16. The first-order valence-corrected chi connectivity index (χ1v) is 10.4. The molecular formula is C23H24Cl2N2O3. The van der Waals surface area contributed by atoms with Gasteiger partial charge in [-0.25, -0.2) is 4.79 Å². The number of aryl methyl sites for hydroxylation is 1. The van der Waals surface area contributed by atoms with Gasteiger partial charge in [-0.3, -0.25) is 0 Å². The van der Waals surface area contributed by atoms with Gasteiger partial charge in [-0.2, -0.15) is 5.26 Å². The van der Waals surface area contributed by atoms with E-state index in [0.29, 0.717) is 12.1 Å². The lowest BCUT2D eigenvalue weighted by Crippen LogP contribution is -2.29. The number of rotatable bonds is 3. The van der Waals surface area contributed by atoms with Gasteiger partial charge in [0.05, 0.1) is 22.2 Å². The molecular weight excluding hydrogens is 423 g/mol. The molecule has 2 atom stereocenters. The van der Waals surface area contributed by atoms with Gasteiger partial charge in [0.1, 0.15) is 5.60 Å². The Bertz CT molecular complexity index is 1050. The summed E-state index contributed by atoms with van der Waals surface area (Å²) in [5.41, 5.74) is 3.02. The van der Waals surface area contributed by atoms with E-state index in [4.69, 9.17) is 27.9 Å². The van der Waals surface area contributed by atoms with Crippen molar-refractivity contribution in [3.63, 3.8) is 0 Å². The van der Waals surface area contributed by atoms with Crippen LogP contribution in [0.5, 0.6) is 0 Å². The maximum absolute atomic E-state index is 12.6. The number of carbonyl (C=O) groups excluding carboxylic acids is 1. The molecule has 1 aliphatic rings. The fraction of sp³-hybridized carbons (Fsp3) is 0.391. The van der Waals surface area contributed by atoms with Crippen molar-refractivity contribution < 1.29 is 14.6 Å². The maximum Gasteiger partial charge on any atom is 0.340 e. The van der Waals surface area contributed by atoms with E-state index in [2.05, 4.69) is 6.07 Å². The molecule has 30 heavy (non-hydrogen) atoms. The number of esters is 1. The first kappa shape index (κ1) is 22.4. The molecule has 0 saturated carbocycles. The largest absolute Gasteiger partial charge is 0.456 e. The van der Waals surface area contributed by atoms with E-state index in [-0.39, 0.29) is 27.1 Å². The Hall–Kier alpha value is -2.26. The number of nitriles is 1. The normalized spacial score (nSPS) is 16.8. The molecule has 1 heterocycles. The topological polar surface area (TPSA) is 73.6 Å². The Labute approximate surface area is 186 Å². The van der Waals surface area contributed by atoms with Gasteiger partial charge in [0.2, 0.25) is 0 Å². The smallest absolute Gasteiger partial charge is 0.340 e. The number of aliphatic hydroxyl groups excluding tert-OH is 1. The third-order valence-corrected chi connectivity index (χ3v) is 5.78. The molecule has 2 unspecified atom stereocenters. The molecule has 158 valence electrons. The zero-order valence-corrected chi connectivity index (χ0v) is 19.1. The molecule has 0 radical (unpaired) electrons. The highest BCUT2D eigenvalue weighted by Gasteiger charge is 2.35. The molecule has 5 nitrogen and oxygen atoms in total. The number of halogens is 2. The number of ether oxygens (including phenoxy) is 1. The summed E-state index contributed by atoms with van der Waals surface area (Å²) < 4.78 is 5.43. The van der Waals surface area contributed by atoms with Crippen molar-refractivity contribution in [3.8, 4) is 6.07 Å². The molecule has 7 heteroatoms. The average molecular weight is 447 g/mol. The number of benzene rings is 2. The van der Waals surface area contributed by atoms with Crippen LogP contribution in [0.2, 0.25) is 10.0 Å². The SMILES string of the molecule is Cc1cc(C#N)cc2c1N(C(O)c1c(Cl)ccc(C(=O)OC(C)(C)C)c1Cl)CC2C. The summed E-state index contributed by atoms with van der Waals surface area (Å²) in [6.07, 6.45) is -1.16. The molecule has 1 N–H and O–H groups in total. The monoisotopic (exact) mass is 446 g/mol. The van der Waals surface area contributed by atoms with Gasteiger partial charge in [0.15, 0.2) is 6.23 Å².